The maximum Gasteiger partial charge on any atom is 0.323 e. The van der Waals surface area contributed by atoms with Crippen LogP contribution in [0.5, 0.6) is 0 Å². The summed E-state index contributed by atoms with van der Waals surface area (Å²) in [4.78, 5) is 13.4. The van der Waals surface area contributed by atoms with Gasteiger partial charge in [0.25, 0.3) is 0 Å². The normalized spacial score (nSPS) is 20.1. The van der Waals surface area contributed by atoms with E-state index in [-0.39, 0.29) is 12.0 Å². The maximum atomic E-state index is 11.4. The van der Waals surface area contributed by atoms with Crippen LogP contribution in [0.25, 0.3) is 0 Å². The fraction of sp³-hybridized carbons (Fsp3) is 0.417. The number of cyclic esters (lactones) is 1. The number of nitrogens with zero attached hydrogens (tertiary/aromatic N) is 1. The lowest BCUT2D eigenvalue weighted by molar-refractivity contribution is -0.142. The largest absolute Gasteiger partial charge is 0.464 e. The number of carbonyl (C=O) groups is 1. The third-order valence-corrected chi connectivity index (χ3v) is 2.82. The highest BCUT2D eigenvalue weighted by molar-refractivity contribution is 5.77. The number of likely N-dealkylation sites (N-methyl/N-ethyl adjacent to an activating group) is 1. The molecular weight excluding hydrogens is 204 g/mol. The summed E-state index contributed by atoms with van der Waals surface area (Å²) in [5.41, 5.74) is 7.57. The summed E-state index contributed by atoms with van der Waals surface area (Å²) >= 11 is 0. The number of carbonyl (C=O) groups excluding carboxylic acids is 1. The third-order valence-electron chi connectivity index (χ3n) is 2.82. The number of benzene rings is 1. The molecule has 1 aliphatic heterocycles. The van der Waals surface area contributed by atoms with Gasteiger partial charge in [-0.05, 0) is 24.7 Å². The van der Waals surface area contributed by atoms with Crippen molar-refractivity contribution in [3.63, 3.8) is 0 Å². The zero-order chi connectivity index (χ0) is 11.5. The van der Waals surface area contributed by atoms with Gasteiger partial charge in [-0.1, -0.05) is 12.1 Å². The molecule has 1 aliphatic rings. The fourth-order valence-corrected chi connectivity index (χ4v) is 1.98. The van der Waals surface area contributed by atoms with E-state index >= 15 is 0 Å². The molecular formula is C12H16N2O2. The fourth-order valence-electron chi connectivity index (χ4n) is 1.98. The molecule has 16 heavy (non-hydrogen) atoms. The Bertz CT molecular complexity index is 392. The minimum absolute atomic E-state index is 0.110. The highest BCUT2D eigenvalue weighted by Crippen LogP contribution is 2.16. The number of nitrogens with two attached hydrogens (primary N) is 1. The van der Waals surface area contributed by atoms with Crippen LogP contribution in [0.2, 0.25) is 0 Å². The van der Waals surface area contributed by atoms with Crippen molar-refractivity contribution in [2.24, 2.45) is 0 Å². The lowest BCUT2D eigenvalue weighted by Crippen LogP contribution is -2.34. The van der Waals surface area contributed by atoms with Crippen molar-refractivity contribution in [1.82, 2.24) is 4.90 Å². The first kappa shape index (κ1) is 11.0. The van der Waals surface area contributed by atoms with Crippen molar-refractivity contribution in [3.8, 4) is 0 Å². The first-order valence-corrected chi connectivity index (χ1v) is 5.38. The van der Waals surface area contributed by atoms with Crippen molar-refractivity contribution in [3.05, 3.63) is 29.8 Å². The Morgan fingerprint density at radius 3 is 3.00 bits per heavy atom. The standard InChI is InChI=1S/C12H16N2O2/c1-14(11-5-6-16-12(11)15)8-9-3-2-4-10(13)7-9/h2-4,7,11H,5-6,8,13H2,1H3. The zero-order valence-corrected chi connectivity index (χ0v) is 9.35. The molecule has 1 atom stereocenters. The van der Waals surface area contributed by atoms with Gasteiger partial charge in [0.05, 0.1) is 6.61 Å². The number of hydrogen-bond donors (Lipinski definition) is 1. The molecule has 4 nitrogen and oxygen atoms in total. The average Bonchev–Trinajstić information content (AvgIpc) is 2.64. The molecule has 2 rings (SSSR count). The van der Waals surface area contributed by atoms with E-state index in [1.165, 1.54) is 0 Å². The zero-order valence-electron chi connectivity index (χ0n) is 9.35. The first-order valence-electron chi connectivity index (χ1n) is 5.38. The minimum Gasteiger partial charge on any atom is -0.464 e. The van der Waals surface area contributed by atoms with E-state index in [2.05, 4.69) is 0 Å². The lowest BCUT2D eigenvalue weighted by atomic mass is 10.1. The average molecular weight is 220 g/mol. The quantitative estimate of drug-likeness (QED) is 0.610. The topological polar surface area (TPSA) is 55.6 Å². The number of esters is 1. The first-order chi connectivity index (χ1) is 7.66. The van der Waals surface area contributed by atoms with Gasteiger partial charge in [-0.2, -0.15) is 0 Å². The van der Waals surface area contributed by atoms with E-state index in [1.807, 2.05) is 36.2 Å². The molecule has 4 heteroatoms. The van der Waals surface area contributed by atoms with Crippen LogP contribution in [0.1, 0.15) is 12.0 Å². The van der Waals surface area contributed by atoms with Crippen LogP contribution < -0.4 is 5.73 Å². The van der Waals surface area contributed by atoms with Crippen molar-refractivity contribution in [1.29, 1.82) is 0 Å². The van der Waals surface area contributed by atoms with Crippen molar-refractivity contribution in [2.75, 3.05) is 19.4 Å². The predicted octanol–water partition coefficient (Wildman–Crippen LogP) is 1.02. The molecule has 1 unspecified atom stereocenters. The molecule has 1 aromatic carbocycles. The van der Waals surface area contributed by atoms with E-state index in [1.54, 1.807) is 0 Å². The number of hydrogen-bond acceptors (Lipinski definition) is 4. The van der Waals surface area contributed by atoms with Gasteiger partial charge in [-0.25, -0.2) is 0 Å². The molecule has 1 aromatic rings. The van der Waals surface area contributed by atoms with Crippen LogP contribution >= 0.6 is 0 Å². The van der Waals surface area contributed by atoms with Crippen LogP contribution in [-0.2, 0) is 16.1 Å². The summed E-state index contributed by atoms with van der Waals surface area (Å²) in [5, 5.41) is 0. The Hall–Kier alpha value is -1.55. The van der Waals surface area contributed by atoms with Gasteiger partial charge in [0.15, 0.2) is 0 Å². The molecule has 0 bridgehead atoms. The monoisotopic (exact) mass is 220 g/mol. The summed E-state index contributed by atoms with van der Waals surface area (Å²) in [5.74, 6) is -0.119. The van der Waals surface area contributed by atoms with Crippen LogP contribution in [0, 0.1) is 0 Å². The molecule has 1 saturated heterocycles. The molecule has 1 fully saturated rings. The summed E-state index contributed by atoms with van der Waals surface area (Å²) in [6, 6.07) is 7.60. The minimum atomic E-state index is -0.119. The van der Waals surface area contributed by atoms with Crippen LogP contribution in [0.15, 0.2) is 24.3 Å². The Balaban J connectivity index is 2.01. The van der Waals surface area contributed by atoms with Crippen LogP contribution in [0.4, 0.5) is 5.69 Å². The van der Waals surface area contributed by atoms with Gasteiger partial charge in [0, 0.05) is 18.7 Å². The van der Waals surface area contributed by atoms with E-state index in [9.17, 15) is 4.79 Å². The Morgan fingerprint density at radius 2 is 2.38 bits per heavy atom. The second-order valence-corrected chi connectivity index (χ2v) is 4.13. The van der Waals surface area contributed by atoms with Gasteiger partial charge in [-0.3, -0.25) is 9.69 Å². The van der Waals surface area contributed by atoms with E-state index in [4.69, 9.17) is 10.5 Å². The molecule has 2 N–H and O–H groups in total. The molecule has 0 aliphatic carbocycles. The summed E-state index contributed by atoms with van der Waals surface area (Å²) in [6.45, 7) is 1.25. The highest BCUT2D eigenvalue weighted by atomic mass is 16.5. The molecule has 0 amide bonds. The Labute approximate surface area is 95.0 Å². The van der Waals surface area contributed by atoms with Crippen molar-refractivity contribution in [2.45, 2.75) is 19.0 Å². The second kappa shape index (κ2) is 4.53. The van der Waals surface area contributed by atoms with Crippen LogP contribution in [-0.4, -0.2) is 30.6 Å². The number of anilines is 1. The van der Waals surface area contributed by atoms with Gasteiger partial charge in [0.1, 0.15) is 6.04 Å². The third kappa shape index (κ3) is 2.33. The number of nitrogen functional groups attached to an aromatic ring is 1. The van der Waals surface area contributed by atoms with Gasteiger partial charge in [-0.15, -0.1) is 0 Å². The number of rotatable bonds is 3. The Kier molecular flexibility index (Phi) is 3.10. The lowest BCUT2D eigenvalue weighted by Gasteiger charge is -2.20. The summed E-state index contributed by atoms with van der Waals surface area (Å²) in [7, 11) is 1.93. The number of ether oxygens (including phenoxy) is 1. The van der Waals surface area contributed by atoms with Crippen LogP contribution in [0.3, 0.4) is 0 Å². The molecule has 0 aromatic heterocycles. The summed E-state index contributed by atoms with van der Waals surface area (Å²) < 4.78 is 4.94. The van der Waals surface area contributed by atoms with E-state index < -0.39 is 0 Å². The SMILES string of the molecule is CN(Cc1cccc(N)c1)C1CCOC1=O. The smallest absolute Gasteiger partial charge is 0.323 e. The van der Waals surface area contributed by atoms with E-state index in [0.29, 0.717) is 13.2 Å². The van der Waals surface area contributed by atoms with Crippen molar-refractivity contribution >= 4 is 11.7 Å². The van der Waals surface area contributed by atoms with Gasteiger partial charge >= 0.3 is 5.97 Å². The maximum absolute atomic E-state index is 11.4. The predicted molar refractivity (Wildman–Crippen MR) is 61.7 cm³/mol. The molecule has 0 radical (unpaired) electrons. The van der Waals surface area contributed by atoms with Crippen molar-refractivity contribution < 1.29 is 9.53 Å². The second-order valence-electron chi connectivity index (χ2n) is 4.13. The molecule has 86 valence electrons. The van der Waals surface area contributed by atoms with Gasteiger partial charge < -0.3 is 10.5 Å². The highest BCUT2D eigenvalue weighted by Gasteiger charge is 2.29. The molecule has 0 spiro atoms. The summed E-state index contributed by atoms with van der Waals surface area (Å²) in [6.07, 6.45) is 0.775. The molecule has 1 heterocycles. The van der Waals surface area contributed by atoms with Gasteiger partial charge in [0.2, 0.25) is 0 Å². The van der Waals surface area contributed by atoms with E-state index in [0.717, 1.165) is 17.7 Å². The Morgan fingerprint density at radius 1 is 1.56 bits per heavy atom. The molecule has 0 saturated carbocycles.